The fourth-order valence-electron chi connectivity index (χ4n) is 4.57. The van der Waals surface area contributed by atoms with Crippen molar-refractivity contribution in [2.24, 2.45) is 13.0 Å². The summed E-state index contributed by atoms with van der Waals surface area (Å²) in [6, 6.07) is 10.8. The fraction of sp³-hybridized carbons (Fsp3) is 0.296. The molecule has 4 aromatic rings. The van der Waals surface area contributed by atoms with Gasteiger partial charge in [-0.3, -0.25) is 9.67 Å². The lowest BCUT2D eigenvalue weighted by molar-refractivity contribution is 0.372. The molecule has 0 saturated carbocycles. The third-order valence-electron chi connectivity index (χ3n) is 6.40. The Kier molecular flexibility index (Phi) is 6.17. The van der Waals surface area contributed by atoms with Crippen LogP contribution in [0.1, 0.15) is 30.9 Å². The summed E-state index contributed by atoms with van der Waals surface area (Å²) in [7, 11) is 1.94. The van der Waals surface area contributed by atoms with Crippen molar-refractivity contribution in [1.29, 1.82) is 0 Å². The van der Waals surface area contributed by atoms with Crippen LogP contribution in [0.25, 0.3) is 27.6 Å². The standard InChI is InChI=1S/C27H30N6/c1-3-26(24-11-20(14-29-15-24)10-19-6-8-28-9-7-19)32-27-13-23-12-21(4-5-22(23)16-30-27)25-17-31-33(2)18-25/h3-5,11-19,28H,6-10H2,1-2H3,(H,30,32)/b26-3-. The summed E-state index contributed by atoms with van der Waals surface area (Å²) in [6.07, 6.45) is 15.4. The van der Waals surface area contributed by atoms with Gasteiger partial charge in [-0.15, -0.1) is 0 Å². The molecule has 0 amide bonds. The molecule has 1 aromatic carbocycles. The van der Waals surface area contributed by atoms with E-state index in [1.807, 2.05) is 49.6 Å². The fourth-order valence-corrected chi connectivity index (χ4v) is 4.57. The molecule has 1 fully saturated rings. The molecule has 168 valence electrons. The van der Waals surface area contributed by atoms with Gasteiger partial charge in [0, 0.05) is 54.0 Å². The van der Waals surface area contributed by atoms with Crippen LogP contribution in [0.3, 0.4) is 0 Å². The molecule has 3 aromatic heterocycles. The van der Waals surface area contributed by atoms with Crippen LogP contribution >= 0.6 is 0 Å². The zero-order valence-electron chi connectivity index (χ0n) is 19.3. The van der Waals surface area contributed by atoms with Crippen LogP contribution in [0.4, 0.5) is 5.82 Å². The second-order valence-corrected chi connectivity index (χ2v) is 8.84. The predicted molar refractivity (Wildman–Crippen MR) is 135 cm³/mol. The molecule has 0 unspecified atom stereocenters. The van der Waals surface area contributed by atoms with Crippen LogP contribution in [0, 0.1) is 5.92 Å². The number of pyridine rings is 2. The number of piperidine rings is 1. The average molecular weight is 439 g/mol. The minimum Gasteiger partial charge on any atom is -0.340 e. The Balaban J connectivity index is 1.37. The lowest BCUT2D eigenvalue weighted by atomic mass is 9.91. The normalized spacial score (nSPS) is 15.2. The van der Waals surface area contributed by atoms with Gasteiger partial charge in [0.2, 0.25) is 0 Å². The molecule has 0 radical (unpaired) electrons. The highest BCUT2D eigenvalue weighted by atomic mass is 15.2. The first-order valence-electron chi connectivity index (χ1n) is 11.6. The quantitative estimate of drug-likeness (QED) is 0.441. The topological polar surface area (TPSA) is 67.7 Å². The Morgan fingerprint density at radius 3 is 2.73 bits per heavy atom. The van der Waals surface area contributed by atoms with E-state index >= 15 is 0 Å². The van der Waals surface area contributed by atoms with E-state index in [4.69, 9.17) is 0 Å². The van der Waals surface area contributed by atoms with Crippen LogP contribution in [0.5, 0.6) is 0 Å². The first-order valence-corrected chi connectivity index (χ1v) is 11.6. The maximum Gasteiger partial charge on any atom is 0.130 e. The number of benzene rings is 1. The predicted octanol–water partition coefficient (Wildman–Crippen LogP) is 5.05. The van der Waals surface area contributed by atoms with Crippen molar-refractivity contribution in [3.05, 3.63) is 78.5 Å². The van der Waals surface area contributed by atoms with E-state index < -0.39 is 0 Å². The number of nitrogens with one attached hydrogen (secondary N) is 2. The summed E-state index contributed by atoms with van der Waals surface area (Å²) in [4.78, 5) is 9.18. The zero-order valence-corrected chi connectivity index (χ0v) is 19.3. The van der Waals surface area contributed by atoms with Gasteiger partial charge in [0.25, 0.3) is 0 Å². The van der Waals surface area contributed by atoms with Gasteiger partial charge in [-0.05, 0) is 79.9 Å². The average Bonchev–Trinajstić information content (AvgIpc) is 3.29. The summed E-state index contributed by atoms with van der Waals surface area (Å²) in [5.41, 5.74) is 5.67. The van der Waals surface area contributed by atoms with Crippen molar-refractivity contribution in [1.82, 2.24) is 25.1 Å². The molecule has 1 aliphatic heterocycles. The highest BCUT2D eigenvalue weighted by Crippen LogP contribution is 2.27. The van der Waals surface area contributed by atoms with Crippen LogP contribution < -0.4 is 10.6 Å². The largest absolute Gasteiger partial charge is 0.340 e. The van der Waals surface area contributed by atoms with Crippen molar-refractivity contribution in [3.8, 4) is 11.1 Å². The molecule has 33 heavy (non-hydrogen) atoms. The van der Waals surface area contributed by atoms with E-state index in [9.17, 15) is 0 Å². The van der Waals surface area contributed by atoms with E-state index in [0.29, 0.717) is 0 Å². The van der Waals surface area contributed by atoms with Crippen molar-refractivity contribution >= 4 is 22.3 Å². The monoisotopic (exact) mass is 438 g/mol. The molecule has 2 N–H and O–H groups in total. The number of anilines is 1. The Hall–Kier alpha value is -3.51. The summed E-state index contributed by atoms with van der Waals surface area (Å²) < 4.78 is 1.82. The summed E-state index contributed by atoms with van der Waals surface area (Å²) >= 11 is 0. The molecular formula is C27H30N6. The lowest BCUT2D eigenvalue weighted by Crippen LogP contribution is -2.28. The summed E-state index contributed by atoms with van der Waals surface area (Å²) in [6.45, 7) is 4.29. The maximum absolute atomic E-state index is 4.65. The van der Waals surface area contributed by atoms with Gasteiger partial charge in [-0.2, -0.15) is 5.10 Å². The Bertz CT molecular complexity index is 1280. The first kappa shape index (κ1) is 21.3. The minimum absolute atomic E-state index is 0.737. The number of hydrogen-bond acceptors (Lipinski definition) is 5. The van der Waals surface area contributed by atoms with Crippen LogP contribution in [-0.2, 0) is 13.5 Å². The van der Waals surface area contributed by atoms with E-state index in [1.54, 1.807) is 0 Å². The highest BCUT2D eigenvalue weighted by Gasteiger charge is 2.14. The van der Waals surface area contributed by atoms with E-state index in [0.717, 1.165) is 64.4 Å². The molecule has 1 aliphatic rings. The smallest absolute Gasteiger partial charge is 0.130 e. The Morgan fingerprint density at radius 2 is 1.94 bits per heavy atom. The number of rotatable bonds is 6. The molecule has 0 aliphatic carbocycles. The Morgan fingerprint density at radius 1 is 1.06 bits per heavy atom. The third kappa shape index (κ3) is 4.96. The number of aromatic nitrogens is 4. The minimum atomic E-state index is 0.737. The molecular weight excluding hydrogens is 408 g/mol. The molecule has 0 bridgehead atoms. The number of fused-ring (bicyclic) bond motifs is 1. The van der Waals surface area contributed by atoms with Gasteiger partial charge in [-0.1, -0.05) is 18.2 Å². The molecule has 0 atom stereocenters. The third-order valence-corrected chi connectivity index (χ3v) is 6.40. The van der Waals surface area contributed by atoms with E-state index in [-0.39, 0.29) is 0 Å². The molecule has 5 rings (SSSR count). The van der Waals surface area contributed by atoms with Gasteiger partial charge in [0.15, 0.2) is 0 Å². The molecule has 0 spiro atoms. The second kappa shape index (κ2) is 9.55. The lowest BCUT2D eigenvalue weighted by Gasteiger charge is -2.22. The van der Waals surface area contributed by atoms with E-state index in [2.05, 4.69) is 62.1 Å². The highest BCUT2D eigenvalue weighted by molar-refractivity contribution is 5.89. The summed E-state index contributed by atoms with van der Waals surface area (Å²) in [5.74, 6) is 1.56. The molecule has 6 nitrogen and oxygen atoms in total. The second-order valence-electron chi connectivity index (χ2n) is 8.84. The number of hydrogen-bond donors (Lipinski definition) is 2. The number of aryl methyl sites for hydroxylation is 1. The van der Waals surface area contributed by atoms with Gasteiger partial charge < -0.3 is 10.6 Å². The van der Waals surface area contributed by atoms with Gasteiger partial charge in [0.1, 0.15) is 5.82 Å². The Labute approximate surface area is 194 Å². The zero-order chi connectivity index (χ0) is 22.6. The molecule has 1 saturated heterocycles. The van der Waals surface area contributed by atoms with Crippen molar-refractivity contribution < 1.29 is 0 Å². The summed E-state index contributed by atoms with van der Waals surface area (Å²) in [5, 5.41) is 13.5. The van der Waals surface area contributed by atoms with Crippen molar-refractivity contribution in [2.75, 3.05) is 18.4 Å². The van der Waals surface area contributed by atoms with Crippen LogP contribution in [-0.4, -0.2) is 32.8 Å². The molecule has 4 heterocycles. The number of allylic oxidation sites excluding steroid dienone is 1. The van der Waals surface area contributed by atoms with E-state index in [1.165, 1.54) is 18.4 Å². The van der Waals surface area contributed by atoms with Gasteiger partial charge in [-0.25, -0.2) is 4.98 Å². The maximum atomic E-state index is 4.65. The van der Waals surface area contributed by atoms with Crippen molar-refractivity contribution in [2.45, 2.75) is 26.2 Å². The van der Waals surface area contributed by atoms with Crippen molar-refractivity contribution in [3.63, 3.8) is 0 Å². The van der Waals surface area contributed by atoms with Crippen LogP contribution in [0.2, 0.25) is 0 Å². The molecule has 6 heteroatoms. The number of nitrogens with zero attached hydrogens (tertiary/aromatic N) is 4. The van der Waals surface area contributed by atoms with Crippen LogP contribution in [0.15, 0.2) is 67.4 Å². The van der Waals surface area contributed by atoms with Gasteiger partial charge in [0.05, 0.1) is 6.20 Å². The first-order chi connectivity index (χ1) is 16.2. The SMILES string of the molecule is C/C=C(\Nc1cc2cc(-c3cnn(C)c3)ccc2cn1)c1cncc(CC2CCNCC2)c1. The van der Waals surface area contributed by atoms with Gasteiger partial charge >= 0.3 is 0 Å².